The zero-order valence-corrected chi connectivity index (χ0v) is 47.4. The summed E-state index contributed by atoms with van der Waals surface area (Å²) in [7, 11) is 0. The Balaban J connectivity index is 1.51. The van der Waals surface area contributed by atoms with Gasteiger partial charge in [0.05, 0.1) is 30.3 Å². The highest BCUT2D eigenvalue weighted by molar-refractivity contribution is 5.93. The summed E-state index contributed by atoms with van der Waals surface area (Å²) in [6, 6.07) is 5.99. The lowest BCUT2D eigenvalue weighted by molar-refractivity contribution is -0.170. The Bertz CT molecular complexity index is 2220. The van der Waals surface area contributed by atoms with Crippen molar-refractivity contribution in [2.24, 2.45) is 47.3 Å². The Morgan fingerprint density at radius 3 is 2.27 bits per heavy atom. The summed E-state index contributed by atoms with van der Waals surface area (Å²) in [5.74, 6) is -6.55. The number of piperidine rings is 1. The lowest BCUT2D eigenvalue weighted by atomic mass is 9.72. The molecule has 2 fully saturated rings. The van der Waals surface area contributed by atoms with E-state index in [1.165, 1.54) is 18.0 Å². The molecule has 1 aromatic rings. The van der Waals surface area contributed by atoms with Crippen molar-refractivity contribution in [3.8, 4) is 0 Å². The Hall–Kier alpha value is -5.04. The van der Waals surface area contributed by atoms with Crippen molar-refractivity contribution in [2.45, 2.75) is 201 Å². The number of allylic oxidation sites excluding steroid dienone is 5. The highest BCUT2D eigenvalue weighted by Gasteiger charge is 2.49. The number of carbonyl (C=O) groups excluding carboxylic acids is 6. The van der Waals surface area contributed by atoms with Crippen LogP contribution in [0.1, 0.15) is 145 Å². The molecule has 3 aliphatic rings. The molecule has 430 valence electrons. The number of esters is 1. The molecule has 0 radical (unpaired) electrons. The fourth-order valence-corrected chi connectivity index (χ4v) is 10.6. The maximum Gasteiger partial charge on any atom is 0.325 e. The fraction of sp³-hybridized carbons (Fsp3) is 0.667. The van der Waals surface area contributed by atoms with E-state index in [-0.39, 0.29) is 67.6 Å². The molecule has 1 aromatic carbocycles. The molecular weight excluding hydrogens is 983 g/mol. The van der Waals surface area contributed by atoms with Gasteiger partial charge in [0.1, 0.15) is 35.7 Å². The zero-order chi connectivity index (χ0) is 57.1. The number of benzene rings is 1. The van der Waals surface area contributed by atoms with Crippen LogP contribution in [0.4, 0.5) is 0 Å². The molecule has 2 bridgehead atoms. The van der Waals surface area contributed by atoms with Crippen LogP contribution in [0.3, 0.4) is 0 Å². The summed E-state index contributed by atoms with van der Waals surface area (Å²) < 4.78 is 6.19. The molecule has 4 amide bonds. The number of fused-ring (bicyclic) bond motifs is 2. The quantitative estimate of drug-likeness (QED) is 0.0597. The van der Waals surface area contributed by atoms with Crippen LogP contribution < -0.4 is 21.4 Å². The van der Waals surface area contributed by atoms with Crippen molar-refractivity contribution in [3.05, 3.63) is 84.0 Å². The molecule has 9 N–H and O–H groups in total. The second-order valence-electron chi connectivity index (χ2n) is 22.8. The first-order valence-electron chi connectivity index (χ1n) is 28.2. The maximum absolute atomic E-state index is 14.5. The van der Waals surface area contributed by atoms with E-state index in [9.17, 15) is 54.3 Å². The summed E-state index contributed by atoms with van der Waals surface area (Å²) in [6.45, 7) is 18.0. The normalized spacial score (nSPS) is 31.6. The Labute approximate surface area is 457 Å². The lowest BCUT2D eigenvalue weighted by Crippen LogP contribution is -2.65. The highest BCUT2D eigenvalue weighted by Crippen LogP contribution is 2.38. The zero-order valence-electron chi connectivity index (χ0n) is 47.4. The number of hydrogen-bond acceptors (Lipinski definition) is 13. The van der Waals surface area contributed by atoms with Crippen LogP contribution in [0.2, 0.25) is 0 Å². The predicted molar refractivity (Wildman–Crippen MR) is 296 cm³/mol. The first-order valence-corrected chi connectivity index (χ1v) is 28.2. The van der Waals surface area contributed by atoms with E-state index in [0.29, 0.717) is 51.4 Å². The van der Waals surface area contributed by atoms with Crippen LogP contribution in [-0.4, -0.2) is 127 Å². The number of aliphatic hydroxyl groups excluding tert-OH is 4. The molecule has 3 heterocycles. The van der Waals surface area contributed by atoms with Gasteiger partial charge in [0.25, 0.3) is 5.91 Å². The topological polar surface area (TPSA) is 264 Å². The summed E-state index contributed by atoms with van der Waals surface area (Å²) in [5, 5.41) is 66.6. The number of nitrogens with one attached hydrogen (secondary N) is 4. The number of Topliss-reactive ketones (excluding diaryl/α,β-unsaturated/α-hetero) is 1. The monoisotopic (exact) mass is 1080 g/mol. The minimum absolute atomic E-state index is 0.0173. The highest BCUT2D eigenvalue weighted by atomic mass is 16.5. The SMILES string of the molecule is CCC1C[C@H](C)[C@@](O)(C(C)C(O)C(C)CCC(O)C(C)CC/C=C/C=C(\C)[C@@H]2C/C=C/C=C/[C@H](O)C(C)C(O)C(CCC(C)=O)C(=O)NC(C(C)C)C(=O)NC(Cc3ccccc3)C(=O)N3CCCC(N3)C(=O)O2)NC1=O. The van der Waals surface area contributed by atoms with Gasteiger partial charge in [-0.05, 0) is 101 Å². The number of ether oxygens (including phenoxy) is 1. The van der Waals surface area contributed by atoms with E-state index >= 15 is 0 Å². The number of nitrogens with zero attached hydrogens (tertiary/aromatic N) is 1. The predicted octanol–water partition coefficient (Wildman–Crippen LogP) is 5.69. The van der Waals surface area contributed by atoms with Crippen LogP contribution in [0.25, 0.3) is 0 Å². The van der Waals surface area contributed by atoms with E-state index in [1.54, 1.807) is 45.9 Å². The van der Waals surface area contributed by atoms with Gasteiger partial charge in [0.15, 0.2) is 0 Å². The number of hydrazine groups is 1. The van der Waals surface area contributed by atoms with E-state index < -0.39 is 102 Å². The van der Waals surface area contributed by atoms with Gasteiger partial charge in [-0.1, -0.05) is 128 Å². The van der Waals surface area contributed by atoms with Crippen molar-refractivity contribution in [3.63, 3.8) is 0 Å². The van der Waals surface area contributed by atoms with Crippen LogP contribution in [0.5, 0.6) is 0 Å². The number of amides is 4. The Morgan fingerprint density at radius 2 is 1.61 bits per heavy atom. The molecule has 17 nitrogen and oxygen atoms in total. The molecule has 12 unspecified atom stereocenters. The average molecular weight is 1080 g/mol. The van der Waals surface area contributed by atoms with Gasteiger partial charge in [0, 0.05) is 49.5 Å². The fourth-order valence-electron chi connectivity index (χ4n) is 10.6. The summed E-state index contributed by atoms with van der Waals surface area (Å²) >= 11 is 0. The molecule has 4 rings (SSSR count). The van der Waals surface area contributed by atoms with Gasteiger partial charge in [0.2, 0.25) is 17.7 Å². The third-order valence-corrected chi connectivity index (χ3v) is 16.4. The van der Waals surface area contributed by atoms with E-state index in [2.05, 4.69) is 21.4 Å². The summed E-state index contributed by atoms with van der Waals surface area (Å²) in [4.78, 5) is 81.6. The molecule has 16 atom stereocenters. The second-order valence-corrected chi connectivity index (χ2v) is 22.8. The average Bonchev–Trinajstić information content (AvgIpc) is 3.40. The van der Waals surface area contributed by atoms with Gasteiger partial charge in [-0.15, -0.1) is 0 Å². The third kappa shape index (κ3) is 18.8. The number of rotatable bonds is 19. The Morgan fingerprint density at radius 1 is 0.909 bits per heavy atom. The first-order chi connectivity index (χ1) is 36.4. The number of ketones is 1. The molecule has 0 aromatic heterocycles. The standard InChI is InChI=1S/C60H93N5O12/c1-11-45-34-40(7)60(76,63-55(45)71)43(10)53(69)39(6)29-32-49(67)37(4)22-15-12-16-23-38(5)51-28-20-14-19-27-50(68)42(9)54(70)46(31-30-41(8)66)56(72)62-52(36(2)3)57(73)61-48(35-44-24-17-13-18-25-44)58(74)65-33-21-26-47(64-65)59(75)77-51/h12-14,16-20,23-25,27,36-37,39-40,42-43,45-54,64,67-70,76H,11,15,21-22,26,28-35H2,1-10H3,(H,61,73)(H,62,72)(H,63,71)/b16-12+,20-14+,27-19+,38-23+/t37?,39?,40-,42?,43?,45?,46?,47?,48?,49?,50-,51-,52?,53?,54?,60+/m0/s1. The minimum Gasteiger partial charge on any atom is -0.456 e. The van der Waals surface area contributed by atoms with Crippen LogP contribution in [0.15, 0.2) is 78.4 Å². The van der Waals surface area contributed by atoms with E-state index in [0.717, 1.165) is 11.1 Å². The van der Waals surface area contributed by atoms with Gasteiger partial charge in [-0.3, -0.25) is 29.0 Å². The number of cyclic esters (lactones) is 1. The smallest absolute Gasteiger partial charge is 0.325 e. The van der Waals surface area contributed by atoms with Gasteiger partial charge >= 0.3 is 5.97 Å². The second kappa shape index (κ2) is 30.9. The molecule has 17 heteroatoms. The molecule has 0 spiro atoms. The molecular formula is C60H93N5O12. The minimum atomic E-state index is -1.52. The van der Waals surface area contributed by atoms with E-state index in [4.69, 9.17) is 4.74 Å². The number of aliphatic hydroxyl groups is 5. The van der Waals surface area contributed by atoms with Gasteiger partial charge in [-0.2, -0.15) is 0 Å². The van der Waals surface area contributed by atoms with Crippen molar-refractivity contribution in [2.75, 3.05) is 6.54 Å². The van der Waals surface area contributed by atoms with Crippen LogP contribution >= 0.6 is 0 Å². The van der Waals surface area contributed by atoms with Crippen LogP contribution in [0, 0.1) is 47.3 Å². The molecule has 2 saturated heterocycles. The summed E-state index contributed by atoms with van der Waals surface area (Å²) in [5.41, 5.74) is 3.05. The Kier molecular flexibility index (Phi) is 25.9. The maximum atomic E-state index is 14.5. The molecule has 0 saturated carbocycles. The van der Waals surface area contributed by atoms with Gasteiger partial charge < -0.3 is 51.0 Å². The molecule has 3 aliphatic heterocycles. The lowest BCUT2D eigenvalue weighted by Gasteiger charge is -2.47. The number of carbonyl (C=O) groups is 6. The molecule has 0 aliphatic carbocycles. The third-order valence-electron chi connectivity index (χ3n) is 16.4. The molecule has 77 heavy (non-hydrogen) atoms. The van der Waals surface area contributed by atoms with Crippen molar-refractivity contribution in [1.29, 1.82) is 0 Å². The van der Waals surface area contributed by atoms with Crippen molar-refractivity contribution >= 4 is 35.4 Å². The van der Waals surface area contributed by atoms with Crippen molar-refractivity contribution in [1.82, 2.24) is 26.4 Å². The van der Waals surface area contributed by atoms with E-state index in [1.807, 2.05) is 83.2 Å². The number of hydrogen-bond donors (Lipinski definition) is 9. The van der Waals surface area contributed by atoms with Crippen molar-refractivity contribution < 1.29 is 59.0 Å². The van der Waals surface area contributed by atoms with Crippen LogP contribution in [-0.2, 0) is 39.9 Å². The van der Waals surface area contributed by atoms with Gasteiger partial charge in [-0.25, -0.2) is 5.43 Å². The summed E-state index contributed by atoms with van der Waals surface area (Å²) in [6.07, 6.45) is 12.1. The first kappa shape index (κ1) is 64.5. The largest absolute Gasteiger partial charge is 0.456 e.